The molecule has 2 aromatic rings. The van der Waals surface area contributed by atoms with Crippen LogP contribution in [-0.4, -0.2) is 19.6 Å². The summed E-state index contributed by atoms with van der Waals surface area (Å²) in [4.78, 5) is 14.2. The molecule has 0 fully saturated rings. The molecular weight excluding hydrogens is 226 g/mol. The third-order valence-electron chi connectivity index (χ3n) is 2.40. The van der Waals surface area contributed by atoms with E-state index in [1.54, 1.807) is 24.6 Å². The average Bonchev–Trinajstić information content (AvgIpc) is 2.87. The Morgan fingerprint density at radius 2 is 2.41 bits per heavy atom. The van der Waals surface area contributed by atoms with Crippen LogP contribution in [0.5, 0.6) is 0 Å². The number of hydrogen-bond acceptors (Lipinski definition) is 6. The molecule has 0 amide bonds. The SMILES string of the molecule is Cc1nc([N+](=O)[O-])c(NCc2ccon2)n1C. The van der Waals surface area contributed by atoms with Gasteiger partial charge in [0.15, 0.2) is 0 Å². The van der Waals surface area contributed by atoms with E-state index < -0.39 is 4.92 Å². The summed E-state index contributed by atoms with van der Waals surface area (Å²) in [6, 6.07) is 1.68. The zero-order chi connectivity index (χ0) is 12.4. The monoisotopic (exact) mass is 237 g/mol. The van der Waals surface area contributed by atoms with Crippen molar-refractivity contribution in [1.82, 2.24) is 14.7 Å². The smallest absolute Gasteiger partial charge is 0.364 e. The molecule has 8 nitrogen and oxygen atoms in total. The Bertz CT molecular complexity index is 531. The first-order chi connectivity index (χ1) is 8.09. The predicted molar refractivity (Wildman–Crippen MR) is 58.4 cm³/mol. The van der Waals surface area contributed by atoms with Crippen LogP contribution in [0.15, 0.2) is 16.9 Å². The summed E-state index contributed by atoms with van der Waals surface area (Å²) < 4.78 is 6.29. The molecule has 17 heavy (non-hydrogen) atoms. The number of imidazole rings is 1. The molecule has 1 N–H and O–H groups in total. The van der Waals surface area contributed by atoms with Crippen LogP contribution in [0.1, 0.15) is 11.5 Å². The van der Waals surface area contributed by atoms with Gasteiger partial charge in [-0.05, 0) is 9.91 Å². The maximum Gasteiger partial charge on any atom is 0.406 e. The van der Waals surface area contributed by atoms with Gasteiger partial charge in [0, 0.05) is 20.0 Å². The van der Waals surface area contributed by atoms with Crippen LogP contribution in [0.3, 0.4) is 0 Å². The van der Waals surface area contributed by atoms with Crippen molar-refractivity contribution in [1.29, 1.82) is 0 Å². The molecule has 0 aliphatic carbocycles. The zero-order valence-corrected chi connectivity index (χ0v) is 9.38. The van der Waals surface area contributed by atoms with Gasteiger partial charge in [-0.2, -0.15) is 0 Å². The summed E-state index contributed by atoms with van der Waals surface area (Å²) in [5.41, 5.74) is 0.665. The molecule has 0 saturated heterocycles. The number of nitrogens with zero attached hydrogens (tertiary/aromatic N) is 4. The van der Waals surface area contributed by atoms with Gasteiger partial charge in [0.2, 0.25) is 11.6 Å². The lowest BCUT2D eigenvalue weighted by molar-refractivity contribution is -0.388. The predicted octanol–water partition coefficient (Wildman–Crippen LogP) is 1.24. The molecule has 2 rings (SSSR count). The van der Waals surface area contributed by atoms with Gasteiger partial charge in [-0.25, -0.2) is 0 Å². The first kappa shape index (κ1) is 11.1. The molecule has 0 spiro atoms. The van der Waals surface area contributed by atoms with Crippen LogP contribution < -0.4 is 5.32 Å². The summed E-state index contributed by atoms with van der Waals surface area (Å²) in [5.74, 6) is 0.739. The highest BCUT2D eigenvalue weighted by Crippen LogP contribution is 2.24. The van der Waals surface area contributed by atoms with Gasteiger partial charge in [-0.3, -0.25) is 4.57 Å². The van der Waals surface area contributed by atoms with Crippen molar-refractivity contribution in [3.05, 3.63) is 34.0 Å². The number of hydrogen-bond donors (Lipinski definition) is 1. The van der Waals surface area contributed by atoms with E-state index in [4.69, 9.17) is 0 Å². The lowest BCUT2D eigenvalue weighted by Crippen LogP contribution is -2.06. The highest BCUT2D eigenvalue weighted by atomic mass is 16.6. The summed E-state index contributed by atoms with van der Waals surface area (Å²) >= 11 is 0. The fourth-order valence-electron chi connectivity index (χ4n) is 1.42. The molecule has 0 unspecified atom stereocenters. The van der Waals surface area contributed by atoms with E-state index in [2.05, 4.69) is 20.0 Å². The average molecular weight is 237 g/mol. The third kappa shape index (κ3) is 2.10. The van der Waals surface area contributed by atoms with Crippen LogP contribution in [0.4, 0.5) is 11.6 Å². The van der Waals surface area contributed by atoms with Gasteiger partial charge in [0.05, 0.1) is 6.54 Å². The van der Waals surface area contributed by atoms with E-state index in [9.17, 15) is 10.1 Å². The molecule has 2 aromatic heterocycles. The number of nitrogens with one attached hydrogen (secondary N) is 1. The summed E-state index contributed by atoms with van der Waals surface area (Å²) in [6.45, 7) is 2.05. The Balaban J connectivity index is 2.22. The van der Waals surface area contributed by atoms with Crippen molar-refractivity contribution in [3.63, 3.8) is 0 Å². The number of nitro groups is 1. The second-order valence-electron chi connectivity index (χ2n) is 3.49. The largest absolute Gasteiger partial charge is 0.406 e. The molecule has 0 bridgehead atoms. The fourth-order valence-corrected chi connectivity index (χ4v) is 1.42. The summed E-state index contributed by atoms with van der Waals surface area (Å²) in [5, 5.41) is 17.4. The second-order valence-corrected chi connectivity index (χ2v) is 3.49. The molecule has 0 atom stereocenters. The molecule has 0 radical (unpaired) electrons. The fraction of sp³-hybridized carbons (Fsp3) is 0.333. The van der Waals surface area contributed by atoms with Crippen LogP contribution in [0, 0.1) is 17.0 Å². The molecule has 0 aliphatic heterocycles. The maximum absolute atomic E-state index is 10.8. The van der Waals surface area contributed by atoms with Crippen molar-refractivity contribution in [2.24, 2.45) is 7.05 Å². The first-order valence-electron chi connectivity index (χ1n) is 4.90. The standard InChI is InChI=1S/C9H11N5O3/c1-6-11-9(14(15)16)8(13(6)2)10-5-7-3-4-17-12-7/h3-4,10H,5H2,1-2H3. The van der Waals surface area contributed by atoms with Crippen molar-refractivity contribution >= 4 is 11.6 Å². The minimum Gasteiger partial charge on any atom is -0.364 e. The summed E-state index contributed by atoms with van der Waals surface area (Å²) in [7, 11) is 1.71. The lowest BCUT2D eigenvalue weighted by atomic mass is 10.4. The topological polar surface area (TPSA) is 99.0 Å². The van der Waals surface area contributed by atoms with Gasteiger partial charge in [0.25, 0.3) is 0 Å². The minimum atomic E-state index is -0.516. The van der Waals surface area contributed by atoms with Gasteiger partial charge in [0.1, 0.15) is 12.0 Å². The second kappa shape index (κ2) is 4.24. The lowest BCUT2D eigenvalue weighted by Gasteiger charge is -2.04. The molecule has 0 aromatic carbocycles. The van der Waals surface area contributed by atoms with Crippen molar-refractivity contribution in [3.8, 4) is 0 Å². The van der Waals surface area contributed by atoms with Gasteiger partial charge in [-0.15, -0.1) is 0 Å². The van der Waals surface area contributed by atoms with Crippen LogP contribution in [0.25, 0.3) is 0 Å². The first-order valence-corrected chi connectivity index (χ1v) is 4.90. The molecule has 2 heterocycles. The quantitative estimate of drug-likeness (QED) is 0.634. The number of aromatic nitrogens is 3. The number of anilines is 1. The van der Waals surface area contributed by atoms with Crippen molar-refractivity contribution < 1.29 is 9.45 Å². The Kier molecular flexibility index (Phi) is 2.77. The van der Waals surface area contributed by atoms with E-state index in [-0.39, 0.29) is 5.82 Å². The van der Waals surface area contributed by atoms with E-state index >= 15 is 0 Å². The third-order valence-corrected chi connectivity index (χ3v) is 2.40. The molecular formula is C9H11N5O3. The van der Waals surface area contributed by atoms with Gasteiger partial charge >= 0.3 is 5.82 Å². The Morgan fingerprint density at radius 1 is 1.65 bits per heavy atom. The van der Waals surface area contributed by atoms with E-state index in [1.165, 1.54) is 6.26 Å². The van der Waals surface area contributed by atoms with Crippen LogP contribution >= 0.6 is 0 Å². The van der Waals surface area contributed by atoms with E-state index in [0.717, 1.165) is 0 Å². The number of aryl methyl sites for hydroxylation is 1. The summed E-state index contributed by atoms with van der Waals surface area (Å²) in [6.07, 6.45) is 1.44. The van der Waals surface area contributed by atoms with Crippen LogP contribution in [0.2, 0.25) is 0 Å². The van der Waals surface area contributed by atoms with Gasteiger partial charge < -0.3 is 20.0 Å². The minimum absolute atomic E-state index is 0.187. The highest BCUT2D eigenvalue weighted by Gasteiger charge is 2.23. The molecule has 90 valence electrons. The maximum atomic E-state index is 10.8. The number of rotatable bonds is 4. The Hall–Kier alpha value is -2.38. The highest BCUT2D eigenvalue weighted by molar-refractivity contribution is 5.53. The molecule has 0 saturated carbocycles. The normalized spacial score (nSPS) is 10.5. The Morgan fingerprint density at radius 3 is 3.00 bits per heavy atom. The van der Waals surface area contributed by atoms with E-state index in [0.29, 0.717) is 23.9 Å². The van der Waals surface area contributed by atoms with Crippen molar-refractivity contribution in [2.75, 3.05) is 5.32 Å². The zero-order valence-electron chi connectivity index (χ0n) is 9.38. The van der Waals surface area contributed by atoms with Crippen LogP contribution in [-0.2, 0) is 13.6 Å². The van der Waals surface area contributed by atoms with Crippen molar-refractivity contribution in [2.45, 2.75) is 13.5 Å². The molecule has 8 heteroatoms. The Labute approximate surface area is 96.4 Å². The molecule has 0 aliphatic rings. The van der Waals surface area contributed by atoms with E-state index in [1.807, 2.05) is 0 Å². The van der Waals surface area contributed by atoms with Gasteiger partial charge in [-0.1, -0.05) is 5.16 Å².